The molecule has 0 radical (unpaired) electrons. The lowest BCUT2D eigenvalue weighted by molar-refractivity contribution is 0.165. The maximum atomic E-state index is 10.4. The van der Waals surface area contributed by atoms with Gasteiger partial charge < -0.3 is 61.3 Å². The first-order chi connectivity index (χ1) is 42.7. The van der Waals surface area contributed by atoms with Crippen LogP contribution >= 0.6 is 0 Å². The average Bonchev–Trinajstić information content (AvgIpc) is 2.74. The van der Waals surface area contributed by atoms with Crippen LogP contribution in [0.5, 0.6) is 0 Å². The zero-order chi connectivity index (χ0) is 60.9. The summed E-state index contributed by atoms with van der Waals surface area (Å²) in [5.41, 5.74) is 28.1. The maximum Gasteiger partial charge on any atom is 0.162 e. The summed E-state index contributed by atoms with van der Waals surface area (Å²) in [6.45, 7) is 9.81. The van der Waals surface area contributed by atoms with E-state index in [1.165, 1.54) is 33.4 Å². The summed E-state index contributed by atoms with van der Waals surface area (Å²) in [7, 11) is 0. The van der Waals surface area contributed by atoms with E-state index in [-0.39, 0.29) is 30.8 Å². The van der Waals surface area contributed by atoms with Gasteiger partial charge in [0.1, 0.15) is 5.82 Å². The molecule has 448 valence electrons. The minimum atomic E-state index is -0.457. The monoisotopic (exact) mass is 1180 g/mol. The van der Waals surface area contributed by atoms with Crippen LogP contribution in [0.3, 0.4) is 0 Å². The van der Waals surface area contributed by atoms with Crippen LogP contribution < -0.4 is 27.0 Å². The van der Waals surface area contributed by atoms with Crippen molar-refractivity contribution in [2.75, 3.05) is 27.0 Å². The van der Waals surface area contributed by atoms with Gasteiger partial charge in [0.25, 0.3) is 0 Å². The average molecular weight is 1180 g/mol. The normalized spacial score (nSPS) is 20.3. The van der Waals surface area contributed by atoms with Crippen molar-refractivity contribution in [1.82, 2.24) is 37.5 Å². The van der Waals surface area contributed by atoms with Gasteiger partial charge in [0, 0.05) is 62.4 Å². The molecular formula is C70H73N13O5. The summed E-state index contributed by atoms with van der Waals surface area (Å²) in [4.78, 5) is 18.3. The van der Waals surface area contributed by atoms with Crippen molar-refractivity contribution in [3.05, 3.63) is 255 Å². The van der Waals surface area contributed by atoms with Crippen molar-refractivity contribution in [2.24, 2.45) is 0 Å². The Bertz CT molecular complexity index is 4380. The van der Waals surface area contributed by atoms with E-state index < -0.39 is 24.4 Å². The summed E-state index contributed by atoms with van der Waals surface area (Å²) in [5, 5.41) is 65.0. The van der Waals surface area contributed by atoms with Gasteiger partial charge in [-0.2, -0.15) is 0 Å². The van der Waals surface area contributed by atoms with Crippen LogP contribution in [0, 0.1) is 34.6 Å². The molecule has 12 aromatic rings. The number of pyridine rings is 4. The summed E-state index contributed by atoms with van der Waals surface area (Å²) in [5.74, 6) is 0.644. The van der Waals surface area contributed by atoms with Crippen LogP contribution in [0.1, 0.15) is 103 Å². The molecule has 88 heavy (non-hydrogen) atoms. The molecular weight excluding hydrogens is 1100 g/mol. The van der Waals surface area contributed by atoms with Crippen molar-refractivity contribution in [1.29, 1.82) is 0 Å². The fourth-order valence-corrected chi connectivity index (χ4v) is 13.2. The van der Waals surface area contributed by atoms with E-state index in [1.807, 2.05) is 169 Å². The number of nitrogens with one attached hydrogen (secondary N) is 4. The van der Waals surface area contributed by atoms with Crippen LogP contribution in [0.25, 0.3) is 22.6 Å². The van der Waals surface area contributed by atoms with Crippen molar-refractivity contribution in [3.8, 4) is 0 Å². The maximum absolute atomic E-state index is 10.4. The van der Waals surface area contributed by atoms with Crippen molar-refractivity contribution in [3.63, 3.8) is 0 Å². The van der Waals surface area contributed by atoms with Crippen LogP contribution in [0.15, 0.2) is 177 Å². The highest BCUT2D eigenvalue weighted by atomic mass is 16.3. The lowest BCUT2D eigenvalue weighted by Gasteiger charge is -2.19. The molecule has 8 unspecified atom stereocenters. The minimum absolute atomic E-state index is 0.0503. The zero-order valence-electron chi connectivity index (χ0n) is 49.8. The smallest absolute Gasteiger partial charge is 0.162 e. The number of nitrogen functional groups attached to an aromatic ring is 1. The van der Waals surface area contributed by atoms with Crippen LogP contribution in [-0.4, -0.2) is 87.5 Å². The Morgan fingerprint density at radius 1 is 0.409 bits per heavy atom. The third kappa shape index (κ3) is 10.8. The van der Waals surface area contributed by atoms with Gasteiger partial charge in [-0.15, -0.1) is 0 Å². The summed E-state index contributed by atoms with van der Waals surface area (Å²) in [6, 6.07) is 48.1. The third-order valence-corrected chi connectivity index (χ3v) is 17.8. The van der Waals surface area contributed by atoms with Crippen LogP contribution in [-0.2, 0) is 32.3 Å². The molecule has 8 heterocycles. The Hall–Kier alpha value is -9.56. The Morgan fingerprint density at radius 3 is 1.20 bits per heavy atom. The Morgan fingerprint density at radius 2 is 0.761 bits per heavy atom. The number of hydrogen-bond acceptors (Lipinski definition) is 14. The van der Waals surface area contributed by atoms with Crippen molar-refractivity contribution >= 4 is 51.2 Å². The molecule has 8 atom stereocenters. The van der Waals surface area contributed by atoms with E-state index in [0.29, 0.717) is 31.5 Å². The predicted octanol–water partition coefficient (Wildman–Crippen LogP) is 10.2. The number of imidazole rings is 4. The number of anilines is 5. The molecule has 4 aromatic carbocycles. The minimum Gasteiger partial charge on any atom is -0.390 e. The number of aliphatic hydroxyl groups is 5. The summed E-state index contributed by atoms with van der Waals surface area (Å²) in [6.07, 6.45) is 10.8. The molecule has 0 spiro atoms. The number of nitrogens with zero attached hydrogens (tertiary/aromatic N) is 8. The lowest BCUT2D eigenvalue weighted by atomic mass is 10.1. The number of rotatable bonds is 9. The number of benzene rings is 4. The predicted molar refractivity (Wildman–Crippen MR) is 345 cm³/mol. The molecule has 0 fully saturated rings. The fourth-order valence-electron chi connectivity index (χ4n) is 13.2. The molecule has 4 aliphatic rings. The first kappa shape index (κ1) is 57.5. The molecule has 18 heteroatoms. The molecule has 0 saturated carbocycles. The molecule has 0 bridgehead atoms. The number of aromatic nitrogens is 8. The molecule has 4 aliphatic carbocycles. The highest BCUT2D eigenvalue weighted by molar-refractivity contribution is 5.74. The van der Waals surface area contributed by atoms with E-state index in [4.69, 9.17) is 5.73 Å². The number of aliphatic hydroxyl groups excluding tert-OH is 5. The topological polar surface area (TPSA) is 244 Å². The summed E-state index contributed by atoms with van der Waals surface area (Å²) >= 11 is 0. The molecule has 11 N–H and O–H groups in total. The molecule has 16 rings (SSSR count). The number of nitrogens with two attached hydrogens (primary N) is 1. The van der Waals surface area contributed by atoms with E-state index in [1.54, 1.807) is 0 Å². The second-order valence-electron chi connectivity index (χ2n) is 23.4. The molecule has 18 nitrogen and oxygen atoms in total. The summed E-state index contributed by atoms with van der Waals surface area (Å²) < 4.78 is 7.85. The van der Waals surface area contributed by atoms with Crippen molar-refractivity contribution < 1.29 is 25.5 Å². The third-order valence-electron chi connectivity index (χ3n) is 17.8. The van der Waals surface area contributed by atoms with E-state index in [2.05, 4.69) is 101 Å². The molecule has 0 aliphatic heterocycles. The highest BCUT2D eigenvalue weighted by Gasteiger charge is 2.35. The van der Waals surface area contributed by atoms with Gasteiger partial charge in [-0.1, -0.05) is 97.1 Å². The van der Waals surface area contributed by atoms with E-state index in [0.717, 1.165) is 90.6 Å². The number of fused-ring (bicyclic) bond motifs is 8. The highest BCUT2D eigenvalue weighted by Crippen LogP contribution is 2.39. The van der Waals surface area contributed by atoms with Crippen LogP contribution in [0.4, 0.5) is 28.6 Å². The van der Waals surface area contributed by atoms with E-state index >= 15 is 0 Å². The Kier molecular flexibility index (Phi) is 15.7. The Labute approximate surface area is 509 Å². The SMILES string of the molecule is Cc1cn2cccc(NC3c4ccccc4CC3O)c2n1.Cc1nc2c(NC3c4ccccc4CC3O)cccn2c1C.Cc1nc2c(NC3c4ccccc4CC3O)cccn2c1CO.Cc1nc2c(NC3c4ccccc4CC3O)cccn2c1N. The van der Waals surface area contributed by atoms with Crippen molar-refractivity contribution in [2.45, 2.75) is 115 Å². The first-order valence-corrected chi connectivity index (χ1v) is 30.0. The number of hydrogen-bond donors (Lipinski definition) is 10. The fraction of sp³-hybridized carbons (Fsp3) is 0.257. The van der Waals surface area contributed by atoms with Gasteiger partial charge >= 0.3 is 0 Å². The second-order valence-corrected chi connectivity index (χ2v) is 23.4. The van der Waals surface area contributed by atoms with Gasteiger partial charge in [0.05, 0.1) is 106 Å². The molecule has 8 aromatic heterocycles. The van der Waals surface area contributed by atoms with Gasteiger partial charge in [-0.25, -0.2) is 19.9 Å². The lowest BCUT2D eigenvalue weighted by Crippen LogP contribution is -2.21. The van der Waals surface area contributed by atoms with Crippen LogP contribution in [0.2, 0.25) is 0 Å². The quantitative estimate of drug-likeness (QED) is 0.0647. The number of aryl methyl sites for hydroxylation is 5. The molecule has 0 amide bonds. The zero-order valence-corrected chi connectivity index (χ0v) is 49.8. The second kappa shape index (κ2) is 24.0. The Balaban J connectivity index is 0.000000108. The standard InChI is InChI=1S/C18H19N3O2.C18H19N3O.C17H18N4O.C17H17N3O/c1-11-15(10-22)21-8-4-7-14(18(21)19-11)20-17-13-6-3-2-5-12(13)9-16(17)23;1-11-12(2)21-9-5-8-15(18(21)19-11)20-17-14-7-4-3-6-13(14)10-16(17)22;1-10-16(18)21-8-4-7-13(17(21)19-10)20-15-12-6-3-2-5-11(12)9-14(15)22;1-11-10-20-8-4-7-14(17(20)18-11)19-16-13-6-3-2-5-12(13)9-15(16)21/h2-8,16-17,20,22-23H,9-10H2,1H3;3-9,16-17,20,22H,10H2,1-2H3;2-8,14-15,20,22H,9,18H2,1H3;2-8,10,15-16,19,21H,9H2,1H3. The van der Waals surface area contributed by atoms with Gasteiger partial charge in [0.2, 0.25) is 0 Å². The first-order valence-electron chi connectivity index (χ1n) is 30.0. The van der Waals surface area contributed by atoms with Gasteiger partial charge in [-0.05, 0) is 128 Å². The largest absolute Gasteiger partial charge is 0.390 e. The van der Waals surface area contributed by atoms with Gasteiger partial charge in [-0.3, -0.25) is 8.80 Å². The molecule has 0 saturated heterocycles. The van der Waals surface area contributed by atoms with Gasteiger partial charge in [0.15, 0.2) is 22.6 Å². The van der Waals surface area contributed by atoms with E-state index in [9.17, 15) is 25.5 Å².